The molecule has 0 spiro atoms. The monoisotopic (exact) mass is 497 g/mol. The molecule has 9 nitrogen and oxygen atoms in total. The fourth-order valence-corrected chi connectivity index (χ4v) is 6.19. The Kier molecular flexibility index (Phi) is 6.41. The molecule has 0 atom stereocenters. The van der Waals surface area contributed by atoms with Crippen LogP contribution in [0.25, 0.3) is 11.5 Å². The van der Waals surface area contributed by atoms with Crippen LogP contribution in [-0.4, -0.2) is 73.0 Å². The minimum absolute atomic E-state index is 0.0924. The van der Waals surface area contributed by atoms with Crippen molar-refractivity contribution in [3.63, 3.8) is 0 Å². The van der Waals surface area contributed by atoms with E-state index in [9.17, 15) is 13.2 Å². The summed E-state index contributed by atoms with van der Waals surface area (Å²) in [5.41, 5.74) is 3.85. The third-order valence-corrected chi connectivity index (χ3v) is 8.70. The molecular formula is C25H31N5O4S. The fraction of sp³-hybridized carbons (Fsp3) is 0.440. The maximum absolute atomic E-state index is 13.1. The molecule has 1 amide bonds. The van der Waals surface area contributed by atoms with Crippen molar-refractivity contribution in [2.75, 3.05) is 44.2 Å². The lowest BCUT2D eigenvalue weighted by molar-refractivity contribution is -0.137. The van der Waals surface area contributed by atoms with Gasteiger partial charge in [-0.25, -0.2) is 8.42 Å². The number of benzene rings is 1. The highest BCUT2D eigenvalue weighted by Crippen LogP contribution is 2.29. The number of aromatic amines is 1. The normalized spacial score (nSPS) is 18.2. The van der Waals surface area contributed by atoms with Crippen molar-refractivity contribution in [2.45, 2.75) is 31.8 Å². The summed E-state index contributed by atoms with van der Waals surface area (Å²) in [6.07, 6.45) is 1.03. The van der Waals surface area contributed by atoms with E-state index in [2.05, 4.69) is 46.3 Å². The van der Waals surface area contributed by atoms with E-state index >= 15 is 0 Å². The molecule has 0 bridgehead atoms. The third-order valence-electron chi connectivity index (χ3n) is 6.93. The second-order valence-corrected chi connectivity index (χ2v) is 11.3. The zero-order valence-corrected chi connectivity index (χ0v) is 20.9. The maximum Gasteiger partial charge on any atom is 0.276 e. The van der Waals surface area contributed by atoms with Crippen molar-refractivity contribution < 1.29 is 17.6 Å². The van der Waals surface area contributed by atoms with Crippen molar-refractivity contribution >= 4 is 21.6 Å². The van der Waals surface area contributed by atoms with Gasteiger partial charge in [0.05, 0.1) is 0 Å². The van der Waals surface area contributed by atoms with Crippen LogP contribution in [0.15, 0.2) is 52.0 Å². The Morgan fingerprint density at radius 3 is 2.29 bits per heavy atom. The zero-order valence-electron chi connectivity index (χ0n) is 20.1. The van der Waals surface area contributed by atoms with Crippen molar-refractivity contribution in [3.05, 3.63) is 53.7 Å². The van der Waals surface area contributed by atoms with Crippen LogP contribution in [0.2, 0.25) is 0 Å². The molecule has 1 aromatic carbocycles. The highest BCUT2D eigenvalue weighted by Gasteiger charge is 2.36. The van der Waals surface area contributed by atoms with Gasteiger partial charge in [0.25, 0.3) is 10.0 Å². The first-order chi connectivity index (χ1) is 16.8. The first-order valence-corrected chi connectivity index (χ1v) is 13.5. The molecule has 0 unspecified atom stereocenters. The van der Waals surface area contributed by atoms with Gasteiger partial charge in [-0.05, 0) is 57.0 Å². The SMILES string of the molecule is Cc1ccc(N2CCN(C(=O)C3CCN(S(=O)(=O)c4ccc(-c5cc(C)[nH]n5)o4)CC3)CC2)cc1. The van der Waals surface area contributed by atoms with E-state index < -0.39 is 10.0 Å². The van der Waals surface area contributed by atoms with Crippen molar-refractivity contribution in [1.29, 1.82) is 0 Å². The molecule has 4 heterocycles. The summed E-state index contributed by atoms with van der Waals surface area (Å²) >= 11 is 0. The van der Waals surface area contributed by atoms with Crippen LogP contribution in [0, 0.1) is 19.8 Å². The van der Waals surface area contributed by atoms with Crippen LogP contribution in [0.3, 0.4) is 0 Å². The molecule has 2 aromatic heterocycles. The standard InChI is InChI=1S/C25H31N5O4S/c1-18-3-5-21(6-4-18)28-13-15-29(16-14-28)25(31)20-9-11-30(12-10-20)35(32,33)24-8-7-23(34-24)22-17-19(2)26-27-22/h3-8,17,20H,9-16H2,1-2H3,(H,26,27). The number of aromatic nitrogens is 2. The molecule has 2 aliphatic rings. The molecule has 10 heteroatoms. The average molecular weight is 498 g/mol. The topological polar surface area (TPSA) is 103 Å². The summed E-state index contributed by atoms with van der Waals surface area (Å²) in [6, 6.07) is 13.4. The number of piperidine rings is 1. The lowest BCUT2D eigenvalue weighted by Crippen LogP contribution is -2.52. The third kappa shape index (κ3) is 4.85. The van der Waals surface area contributed by atoms with Gasteiger partial charge in [-0.1, -0.05) is 17.7 Å². The molecule has 0 radical (unpaired) electrons. The van der Waals surface area contributed by atoms with Crippen LogP contribution in [-0.2, 0) is 14.8 Å². The maximum atomic E-state index is 13.1. The minimum Gasteiger partial charge on any atom is -0.442 e. The van der Waals surface area contributed by atoms with E-state index in [1.54, 1.807) is 12.1 Å². The molecule has 1 N–H and O–H groups in total. The highest BCUT2D eigenvalue weighted by atomic mass is 32.2. The zero-order chi connectivity index (χ0) is 24.6. The number of carbonyl (C=O) groups excluding carboxylic acids is 1. The first-order valence-electron chi connectivity index (χ1n) is 12.0. The second kappa shape index (κ2) is 9.50. The molecule has 2 saturated heterocycles. The van der Waals surface area contributed by atoms with Crippen molar-refractivity contribution in [1.82, 2.24) is 19.4 Å². The largest absolute Gasteiger partial charge is 0.442 e. The molecule has 186 valence electrons. The Labute approximate surface area is 205 Å². The number of amides is 1. The Hall–Kier alpha value is -3.11. The number of H-pyrrole nitrogens is 1. The van der Waals surface area contributed by atoms with E-state index in [4.69, 9.17) is 4.42 Å². The molecule has 0 saturated carbocycles. The number of anilines is 1. The van der Waals surface area contributed by atoms with Crippen LogP contribution in [0.1, 0.15) is 24.1 Å². The molecule has 2 aliphatic heterocycles. The lowest BCUT2D eigenvalue weighted by atomic mass is 9.96. The molecular weight excluding hydrogens is 466 g/mol. The molecule has 3 aromatic rings. The van der Waals surface area contributed by atoms with Gasteiger partial charge in [-0.3, -0.25) is 9.89 Å². The van der Waals surface area contributed by atoms with E-state index in [1.165, 1.54) is 21.6 Å². The van der Waals surface area contributed by atoms with Gasteiger partial charge in [0.2, 0.25) is 11.0 Å². The number of rotatable bonds is 5. The number of hydrogen-bond acceptors (Lipinski definition) is 6. The number of nitrogens with one attached hydrogen (secondary N) is 1. The number of aryl methyl sites for hydroxylation is 2. The molecule has 35 heavy (non-hydrogen) atoms. The Balaban J connectivity index is 1.15. The number of hydrogen-bond donors (Lipinski definition) is 1. The van der Waals surface area contributed by atoms with E-state index in [-0.39, 0.29) is 16.9 Å². The van der Waals surface area contributed by atoms with Gasteiger partial charge >= 0.3 is 0 Å². The predicted molar refractivity (Wildman–Crippen MR) is 132 cm³/mol. The van der Waals surface area contributed by atoms with Gasteiger partial charge in [0.1, 0.15) is 5.69 Å². The summed E-state index contributed by atoms with van der Waals surface area (Å²) < 4.78 is 33.3. The number of piperazine rings is 1. The Morgan fingerprint density at radius 1 is 0.971 bits per heavy atom. The van der Waals surface area contributed by atoms with Crippen LogP contribution in [0.4, 0.5) is 5.69 Å². The summed E-state index contributed by atoms with van der Waals surface area (Å²) in [6.45, 7) is 7.53. The summed E-state index contributed by atoms with van der Waals surface area (Å²) in [7, 11) is -3.76. The number of carbonyl (C=O) groups is 1. The Bertz CT molecular complexity index is 1280. The lowest BCUT2D eigenvalue weighted by Gasteiger charge is -2.39. The highest BCUT2D eigenvalue weighted by molar-refractivity contribution is 7.89. The average Bonchev–Trinajstić information content (AvgIpc) is 3.54. The molecule has 2 fully saturated rings. The van der Waals surface area contributed by atoms with E-state index in [0.717, 1.165) is 18.8 Å². The number of sulfonamides is 1. The summed E-state index contributed by atoms with van der Waals surface area (Å²) in [4.78, 5) is 17.4. The van der Waals surface area contributed by atoms with E-state index in [0.29, 0.717) is 50.5 Å². The van der Waals surface area contributed by atoms with Crippen molar-refractivity contribution in [3.8, 4) is 11.5 Å². The van der Waals surface area contributed by atoms with Crippen LogP contribution < -0.4 is 4.90 Å². The van der Waals surface area contributed by atoms with Gasteiger partial charge < -0.3 is 14.2 Å². The minimum atomic E-state index is -3.76. The second-order valence-electron chi connectivity index (χ2n) is 9.38. The van der Waals surface area contributed by atoms with E-state index in [1.807, 2.05) is 11.8 Å². The van der Waals surface area contributed by atoms with Gasteiger partial charge in [0, 0.05) is 56.6 Å². The van der Waals surface area contributed by atoms with Gasteiger partial charge in [-0.2, -0.15) is 9.40 Å². The smallest absolute Gasteiger partial charge is 0.276 e. The number of nitrogens with zero attached hydrogens (tertiary/aromatic N) is 4. The quantitative estimate of drug-likeness (QED) is 0.581. The van der Waals surface area contributed by atoms with Crippen molar-refractivity contribution in [2.24, 2.45) is 5.92 Å². The predicted octanol–water partition coefficient (Wildman–Crippen LogP) is 3.04. The van der Waals surface area contributed by atoms with Crippen LogP contribution in [0.5, 0.6) is 0 Å². The first kappa shape index (κ1) is 23.6. The van der Waals surface area contributed by atoms with Gasteiger partial charge in [-0.15, -0.1) is 0 Å². The fourth-order valence-electron chi connectivity index (χ4n) is 4.81. The summed E-state index contributed by atoms with van der Waals surface area (Å²) in [5.74, 6) is 0.397. The Morgan fingerprint density at radius 2 is 1.66 bits per heavy atom. The molecule has 5 rings (SSSR count). The molecule has 0 aliphatic carbocycles. The van der Waals surface area contributed by atoms with Crippen LogP contribution >= 0.6 is 0 Å². The van der Waals surface area contributed by atoms with Gasteiger partial charge in [0.15, 0.2) is 5.76 Å². The summed E-state index contributed by atoms with van der Waals surface area (Å²) in [5, 5.41) is 6.85. The number of furan rings is 1.